The Morgan fingerprint density at radius 2 is 1.71 bits per heavy atom. The lowest BCUT2D eigenvalue weighted by Crippen LogP contribution is -2.01. The van der Waals surface area contributed by atoms with E-state index in [9.17, 15) is 4.79 Å². The number of rotatable bonds is 10. The molecule has 0 aromatic heterocycles. The van der Waals surface area contributed by atoms with Gasteiger partial charge in [0.2, 0.25) is 0 Å². The Morgan fingerprint density at radius 1 is 0.941 bits per heavy atom. The molecule has 0 fully saturated rings. The van der Waals surface area contributed by atoms with Crippen LogP contribution in [0.5, 0.6) is 0 Å². The van der Waals surface area contributed by atoms with E-state index in [1.807, 2.05) is 6.07 Å². The molecule has 3 heteroatoms. The molecule has 93 valence electrons. The second kappa shape index (κ2) is 9.85. The van der Waals surface area contributed by atoms with E-state index >= 15 is 0 Å². The van der Waals surface area contributed by atoms with E-state index < -0.39 is 0 Å². The van der Waals surface area contributed by atoms with Gasteiger partial charge in [0, 0.05) is 19.6 Å². The quantitative estimate of drug-likeness (QED) is 0.584. The van der Waals surface area contributed by atoms with Crippen LogP contribution in [0.1, 0.15) is 24.8 Å². The standard InChI is InChI=1S/C14H19O3/c15-13-17-12-6-11-16-10-5-4-9-14-7-2-1-3-8-14/h1-3,7-8H,4-6,9-12H2. The highest BCUT2D eigenvalue weighted by atomic mass is 16.5. The van der Waals surface area contributed by atoms with Crippen LogP contribution in [0.4, 0.5) is 0 Å². The molecule has 0 aliphatic carbocycles. The van der Waals surface area contributed by atoms with Crippen molar-refractivity contribution in [3.05, 3.63) is 35.9 Å². The topological polar surface area (TPSA) is 35.5 Å². The average Bonchev–Trinajstić information content (AvgIpc) is 2.38. The number of carbonyl (C=O) groups excluding carboxylic acids is 1. The fraction of sp³-hybridized carbons (Fsp3) is 0.500. The van der Waals surface area contributed by atoms with Gasteiger partial charge in [0.15, 0.2) is 0 Å². The van der Waals surface area contributed by atoms with Crippen molar-refractivity contribution >= 4 is 6.47 Å². The van der Waals surface area contributed by atoms with Crippen LogP contribution in [-0.4, -0.2) is 26.3 Å². The highest BCUT2D eigenvalue weighted by molar-refractivity contribution is 5.37. The van der Waals surface area contributed by atoms with Crippen molar-refractivity contribution in [3.8, 4) is 0 Å². The van der Waals surface area contributed by atoms with Gasteiger partial charge in [0.05, 0.1) is 6.61 Å². The molecular weight excluding hydrogens is 216 g/mol. The smallest absolute Gasteiger partial charge is 0.417 e. The number of aryl methyl sites for hydroxylation is 1. The normalized spacial score (nSPS) is 10.1. The molecule has 0 bridgehead atoms. The van der Waals surface area contributed by atoms with E-state index in [2.05, 4.69) is 29.0 Å². The Kier molecular flexibility index (Phi) is 7.94. The third kappa shape index (κ3) is 7.53. The summed E-state index contributed by atoms with van der Waals surface area (Å²) < 4.78 is 9.84. The Morgan fingerprint density at radius 3 is 2.47 bits per heavy atom. The van der Waals surface area contributed by atoms with Crippen molar-refractivity contribution in [2.45, 2.75) is 25.7 Å². The Balaban J connectivity index is 1.86. The summed E-state index contributed by atoms with van der Waals surface area (Å²) in [4.78, 5) is 9.73. The van der Waals surface area contributed by atoms with Crippen LogP contribution >= 0.6 is 0 Å². The van der Waals surface area contributed by atoms with E-state index in [0.29, 0.717) is 13.2 Å². The molecule has 0 spiro atoms. The number of hydrogen-bond donors (Lipinski definition) is 0. The van der Waals surface area contributed by atoms with E-state index in [4.69, 9.17) is 4.74 Å². The van der Waals surface area contributed by atoms with Crippen LogP contribution in [0.15, 0.2) is 30.3 Å². The zero-order valence-electron chi connectivity index (χ0n) is 10.1. The number of unbranched alkanes of at least 4 members (excludes halogenated alkanes) is 1. The van der Waals surface area contributed by atoms with Gasteiger partial charge in [-0.2, -0.15) is 0 Å². The predicted octanol–water partition coefficient (Wildman–Crippen LogP) is 2.50. The van der Waals surface area contributed by atoms with Crippen molar-refractivity contribution in [1.82, 2.24) is 0 Å². The van der Waals surface area contributed by atoms with Gasteiger partial charge in [-0.05, 0) is 24.8 Å². The molecule has 0 saturated heterocycles. The maximum absolute atomic E-state index is 9.73. The highest BCUT2D eigenvalue weighted by Crippen LogP contribution is 2.04. The highest BCUT2D eigenvalue weighted by Gasteiger charge is 1.93. The summed E-state index contributed by atoms with van der Waals surface area (Å²) in [5.74, 6) is 0. The fourth-order valence-corrected chi connectivity index (χ4v) is 1.55. The Labute approximate surface area is 103 Å². The minimum atomic E-state index is 0.396. The molecule has 1 aromatic rings. The van der Waals surface area contributed by atoms with Crippen LogP contribution in [0.3, 0.4) is 0 Å². The van der Waals surface area contributed by atoms with Crippen LogP contribution in [0.2, 0.25) is 0 Å². The van der Waals surface area contributed by atoms with Crippen LogP contribution < -0.4 is 0 Å². The molecule has 1 rings (SSSR count). The van der Waals surface area contributed by atoms with Crippen molar-refractivity contribution in [3.63, 3.8) is 0 Å². The summed E-state index contributed by atoms with van der Waals surface area (Å²) >= 11 is 0. The lowest BCUT2D eigenvalue weighted by atomic mass is 10.1. The largest absolute Gasteiger partial charge is 0.457 e. The van der Waals surface area contributed by atoms with Gasteiger partial charge in [-0.1, -0.05) is 30.3 Å². The molecular formula is C14H19O3. The van der Waals surface area contributed by atoms with Gasteiger partial charge in [-0.15, -0.1) is 0 Å². The van der Waals surface area contributed by atoms with Crippen LogP contribution in [0, 0.1) is 0 Å². The lowest BCUT2D eigenvalue weighted by molar-refractivity contribution is 0.114. The SMILES string of the molecule is O=[C]OCCCOCCCCc1ccccc1. The van der Waals surface area contributed by atoms with Gasteiger partial charge >= 0.3 is 6.47 Å². The van der Waals surface area contributed by atoms with Crippen molar-refractivity contribution in [1.29, 1.82) is 0 Å². The minimum absolute atomic E-state index is 0.396. The first-order chi connectivity index (χ1) is 8.43. The molecule has 0 aliphatic heterocycles. The van der Waals surface area contributed by atoms with Gasteiger partial charge in [-0.25, -0.2) is 4.79 Å². The summed E-state index contributed by atoms with van der Waals surface area (Å²) in [5, 5.41) is 0. The first-order valence-electron chi connectivity index (χ1n) is 6.04. The van der Waals surface area contributed by atoms with Gasteiger partial charge in [0.1, 0.15) is 0 Å². The molecule has 0 unspecified atom stereocenters. The minimum Gasteiger partial charge on any atom is -0.457 e. The van der Waals surface area contributed by atoms with Crippen molar-refractivity contribution in [2.75, 3.05) is 19.8 Å². The predicted molar refractivity (Wildman–Crippen MR) is 66.5 cm³/mol. The molecule has 0 atom stereocenters. The first kappa shape index (κ1) is 13.7. The number of benzene rings is 1. The zero-order chi connectivity index (χ0) is 12.2. The maximum atomic E-state index is 9.73. The van der Waals surface area contributed by atoms with E-state index in [0.717, 1.165) is 32.3 Å². The monoisotopic (exact) mass is 235 g/mol. The van der Waals surface area contributed by atoms with Crippen LogP contribution in [-0.2, 0) is 20.7 Å². The second-order valence-corrected chi connectivity index (χ2v) is 3.84. The average molecular weight is 235 g/mol. The Hall–Kier alpha value is -1.35. The molecule has 0 saturated carbocycles. The van der Waals surface area contributed by atoms with E-state index in [1.165, 1.54) is 12.0 Å². The third-order valence-corrected chi connectivity index (χ3v) is 2.44. The molecule has 0 N–H and O–H groups in total. The number of hydrogen-bond acceptors (Lipinski definition) is 3. The van der Waals surface area contributed by atoms with E-state index in [-0.39, 0.29) is 0 Å². The van der Waals surface area contributed by atoms with Crippen LogP contribution in [0.25, 0.3) is 0 Å². The van der Waals surface area contributed by atoms with E-state index in [1.54, 1.807) is 0 Å². The Bertz CT molecular complexity index is 285. The summed E-state index contributed by atoms with van der Waals surface area (Å²) in [6.07, 6.45) is 4.06. The van der Waals surface area contributed by atoms with Crippen molar-refractivity contribution < 1.29 is 14.3 Å². The van der Waals surface area contributed by atoms with Crippen molar-refractivity contribution in [2.24, 2.45) is 0 Å². The summed E-state index contributed by atoms with van der Waals surface area (Å²) in [5.41, 5.74) is 1.38. The number of ether oxygens (including phenoxy) is 2. The zero-order valence-corrected chi connectivity index (χ0v) is 10.1. The molecule has 1 aromatic carbocycles. The third-order valence-electron chi connectivity index (χ3n) is 2.44. The molecule has 0 amide bonds. The molecule has 0 heterocycles. The summed E-state index contributed by atoms with van der Waals surface area (Å²) in [6, 6.07) is 10.5. The second-order valence-electron chi connectivity index (χ2n) is 3.84. The van der Waals surface area contributed by atoms with Gasteiger partial charge in [0.25, 0.3) is 0 Å². The molecule has 3 nitrogen and oxygen atoms in total. The lowest BCUT2D eigenvalue weighted by Gasteiger charge is -2.04. The van der Waals surface area contributed by atoms with Gasteiger partial charge in [-0.3, -0.25) is 0 Å². The molecule has 1 radical (unpaired) electrons. The molecule has 0 aliphatic rings. The molecule has 17 heavy (non-hydrogen) atoms. The fourth-order valence-electron chi connectivity index (χ4n) is 1.55. The summed E-state index contributed by atoms with van der Waals surface area (Å²) in [6.45, 7) is 3.21. The summed E-state index contributed by atoms with van der Waals surface area (Å²) in [7, 11) is 0. The first-order valence-corrected chi connectivity index (χ1v) is 6.04. The maximum Gasteiger partial charge on any atom is 0.417 e. The van der Waals surface area contributed by atoms with Gasteiger partial charge < -0.3 is 9.47 Å².